The summed E-state index contributed by atoms with van der Waals surface area (Å²) in [5.74, 6) is -0.172. The number of nitrogens with zero attached hydrogens (tertiary/aromatic N) is 1. The topological polar surface area (TPSA) is 58.6 Å². The lowest BCUT2D eigenvalue weighted by atomic mass is 9.87. The number of ether oxygens (including phenoxy) is 1. The van der Waals surface area contributed by atoms with Crippen LogP contribution < -0.4 is 5.32 Å². The molecule has 0 aromatic carbocycles. The largest absolute Gasteiger partial charge is 0.381 e. The molecule has 5 nitrogen and oxygen atoms in total. The Hall–Kier alpha value is -1.10. The molecular weight excluding hydrogens is 184 g/mol. The molecule has 1 N–H and O–H groups in total. The Morgan fingerprint density at radius 2 is 2.14 bits per heavy atom. The first kappa shape index (κ1) is 9.45. The average Bonchev–Trinajstić information content (AvgIpc) is 2.06. The highest BCUT2D eigenvalue weighted by Gasteiger charge is 2.38. The SMILES string of the molecule is COC1CC(N2CCC(=O)NC2=O)C1. The molecule has 5 heteroatoms. The molecule has 1 saturated carbocycles. The van der Waals surface area contributed by atoms with Gasteiger partial charge in [0.05, 0.1) is 6.10 Å². The van der Waals surface area contributed by atoms with Crippen LogP contribution in [0.25, 0.3) is 0 Å². The molecule has 1 aliphatic heterocycles. The minimum absolute atomic E-state index is 0.172. The Bertz CT molecular complexity index is 261. The van der Waals surface area contributed by atoms with E-state index < -0.39 is 0 Å². The van der Waals surface area contributed by atoms with E-state index in [1.807, 2.05) is 0 Å². The van der Waals surface area contributed by atoms with Gasteiger partial charge in [-0.2, -0.15) is 0 Å². The van der Waals surface area contributed by atoms with Crippen LogP contribution >= 0.6 is 0 Å². The summed E-state index contributed by atoms with van der Waals surface area (Å²) in [5, 5.41) is 2.32. The van der Waals surface area contributed by atoms with Crippen molar-refractivity contribution in [2.75, 3.05) is 13.7 Å². The van der Waals surface area contributed by atoms with E-state index in [1.165, 1.54) is 0 Å². The van der Waals surface area contributed by atoms with Crippen molar-refractivity contribution in [3.63, 3.8) is 0 Å². The smallest absolute Gasteiger partial charge is 0.324 e. The van der Waals surface area contributed by atoms with Gasteiger partial charge >= 0.3 is 6.03 Å². The van der Waals surface area contributed by atoms with Crippen LogP contribution in [0.15, 0.2) is 0 Å². The number of urea groups is 1. The molecule has 2 fully saturated rings. The van der Waals surface area contributed by atoms with Crippen molar-refractivity contribution in [1.82, 2.24) is 10.2 Å². The van der Waals surface area contributed by atoms with E-state index in [4.69, 9.17) is 4.74 Å². The van der Waals surface area contributed by atoms with Gasteiger partial charge < -0.3 is 9.64 Å². The van der Waals surface area contributed by atoms with Crippen molar-refractivity contribution in [3.8, 4) is 0 Å². The minimum Gasteiger partial charge on any atom is -0.381 e. The highest BCUT2D eigenvalue weighted by Crippen LogP contribution is 2.28. The van der Waals surface area contributed by atoms with Gasteiger partial charge in [-0.1, -0.05) is 0 Å². The van der Waals surface area contributed by atoms with Gasteiger partial charge in [-0.05, 0) is 12.8 Å². The third-order valence-electron chi connectivity index (χ3n) is 2.93. The molecule has 2 aliphatic rings. The molecule has 0 atom stereocenters. The Morgan fingerprint density at radius 3 is 2.71 bits per heavy atom. The zero-order chi connectivity index (χ0) is 10.1. The summed E-state index contributed by atoms with van der Waals surface area (Å²) in [5.41, 5.74) is 0. The third-order valence-corrected chi connectivity index (χ3v) is 2.93. The number of hydrogen-bond donors (Lipinski definition) is 1. The fourth-order valence-corrected chi connectivity index (χ4v) is 1.91. The molecule has 0 aromatic rings. The highest BCUT2D eigenvalue weighted by molar-refractivity contribution is 5.96. The van der Waals surface area contributed by atoms with Crippen molar-refractivity contribution in [2.45, 2.75) is 31.4 Å². The maximum Gasteiger partial charge on any atom is 0.324 e. The first-order valence-electron chi connectivity index (χ1n) is 4.84. The van der Waals surface area contributed by atoms with Gasteiger partial charge in [0.25, 0.3) is 0 Å². The fraction of sp³-hybridized carbons (Fsp3) is 0.778. The summed E-state index contributed by atoms with van der Waals surface area (Å²) < 4.78 is 5.14. The van der Waals surface area contributed by atoms with Crippen LogP contribution in [-0.2, 0) is 9.53 Å². The second-order valence-corrected chi connectivity index (χ2v) is 3.78. The third kappa shape index (κ3) is 1.59. The zero-order valence-corrected chi connectivity index (χ0v) is 8.16. The molecular formula is C9H14N2O3. The standard InChI is InChI=1S/C9H14N2O3/c1-14-7-4-6(5-7)11-3-2-8(12)10-9(11)13/h6-7H,2-5H2,1H3,(H,10,12,13). The molecule has 0 spiro atoms. The van der Waals surface area contributed by atoms with Gasteiger partial charge in [-0.25, -0.2) is 4.79 Å². The predicted octanol–water partition coefficient (Wildman–Crippen LogP) is 0.106. The van der Waals surface area contributed by atoms with E-state index in [2.05, 4.69) is 5.32 Å². The first-order valence-corrected chi connectivity index (χ1v) is 4.84. The average molecular weight is 198 g/mol. The van der Waals surface area contributed by atoms with Gasteiger partial charge in [0.2, 0.25) is 5.91 Å². The Balaban J connectivity index is 1.87. The maximum absolute atomic E-state index is 11.4. The van der Waals surface area contributed by atoms with Gasteiger partial charge in [-0.3, -0.25) is 10.1 Å². The molecule has 0 aromatic heterocycles. The Morgan fingerprint density at radius 1 is 1.43 bits per heavy atom. The summed E-state index contributed by atoms with van der Waals surface area (Å²) >= 11 is 0. The molecule has 0 radical (unpaired) electrons. The van der Waals surface area contributed by atoms with E-state index in [-0.39, 0.29) is 24.1 Å². The Labute approximate surface area is 82.4 Å². The number of imide groups is 1. The van der Waals surface area contributed by atoms with Crippen molar-refractivity contribution in [3.05, 3.63) is 0 Å². The molecule has 0 unspecified atom stereocenters. The number of rotatable bonds is 2. The van der Waals surface area contributed by atoms with E-state index in [1.54, 1.807) is 12.0 Å². The monoisotopic (exact) mass is 198 g/mol. The molecule has 78 valence electrons. The Kier molecular flexibility index (Phi) is 2.41. The van der Waals surface area contributed by atoms with Crippen molar-refractivity contribution in [2.24, 2.45) is 0 Å². The van der Waals surface area contributed by atoms with Gasteiger partial charge in [0.15, 0.2) is 0 Å². The summed E-state index contributed by atoms with van der Waals surface area (Å²) in [4.78, 5) is 24.0. The molecule has 0 bridgehead atoms. The summed E-state index contributed by atoms with van der Waals surface area (Å²) in [6.07, 6.45) is 2.47. The quantitative estimate of drug-likeness (QED) is 0.685. The van der Waals surface area contributed by atoms with Crippen LogP contribution in [0.3, 0.4) is 0 Å². The molecule has 1 heterocycles. The first-order chi connectivity index (χ1) is 6.70. The van der Waals surface area contributed by atoms with Gasteiger partial charge in [0, 0.05) is 26.1 Å². The van der Waals surface area contributed by atoms with E-state index in [0.717, 1.165) is 12.8 Å². The van der Waals surface area contributed by atoms with Crippen molar-refractivity contribution in [1.29, 1.82) is 0 Å². The second-order valence-electron chi connectivity index (χ2n) is 3.78. The molecule has 1 aliphatic carbocycles. The second kappa shape index (κ2) is 3.57. The summed E-state index contributed by atoms with van der Waals surface area (Å²) in [7, 11) is 1.68. The lowest BCUT2D eigenvalue weighted by Gasteiger charge is -2.43. The lowest BCUT2D eigenvalue weighted by molar-refractivity contribution is -0.122. The van der Waals surface area contributed by atoms with Gasteiger partial charge in [0.1, 0.15) is 0 Å². The van der Waals surface area contributed by atoms with Crippen LogP contribution in [0.1, 0.15) is 19.3 Å². The van der Waals surface area contributed by atoms with Crippen LogP contribution in [0.2, 0.25) is 0 Å². The predicted molar refractivity (Wildman–Crippen MR) is 48.7 cm³/mol. The number of hydrogen-bond acceptors (Lipinski definition) is 3. The summed E-state index contributed by atoms with van der Waals surface area (Å²) in [6.45, 7) is 0.547. The number of nitrogens with one attached hydrogen (secondary N) is 1. The van der Waals surface area contributed by atoms with Crippen molar-refractivity contribution < 1.29 is 14.3 Å². The number of carbonyl (C=O) groups excluding carboxylic acids is 2. The summed E-state index contributed by atoms with van der Waals surface area (Å²) in [6, 6.07) is 0.00820. The van der Waals surface area contributed by atoms with Crippen LogP contribution in [0, 0.1) is 0 Å². The number of methoxy groups -OCH3 is 1. The molecule has 14 heavy (non-hydrogen) atoms. The maximum atomic E-state index is 11.4. The highest BCUT2D eigenvalue weighted by atomic mass is 16.5. The van der Waals surface area contributed by atoms with E-state index in [9.17, 15) is 9.59 Å². The van der Waals surface area contributed by atoms with Gasteiger partial charge in [-0.15, -0.1) is 0 Å². The molecule has 2 rings (SSSR count). The van der Waals surface area contributed by atoms with Crippen LogP contribution in [0.4, 0.5) is 4.79 Å². The number of amides is 3. The van der Waals surface area contributed by atoms with Crippen LogP contribution in [0.5, 0.6) is 0 Å². The van der Waals surface area contributed by atoms with Crippen LogP contribution in [-0.4, -0.2) is 42.6 Å². The van der Waals surface area contributed by atoms with Crippen molar-refractivity contribution >= 4 is 11.9 Å². The normalized spacial score (nSPS) is 32.5. The van der Waals surface area contributed by atoms with E-state index >= 15 is 0 Å². The fourth-order valence-electron chi connectivity index (χ4n) is 1.91. The number of carbonyl (C=O) groups is 2. The molecule has 3 amide bonds. The lowest BCUT2D eigenvalue weighted by Crippen LogP contribution is -2.58. The minimum atomic E-state index is -0.249. The molecule has 1 saturated heterocycles. The van der Waals surface area contributed by atoms with E-state index in [0.29, 0.717) is 13.0 Å². The zero-order valence-electron chi connectivity index (χ0n) is 8.16.